The highest BCUT2D eigenvalue weighted by Gasteiger charge is 2.16. The molecule has 1 aromatic carbocycles. The number of furan rings is 1. The largest absolute Gasteiger partial charge is 0.461 e. The molecule has 0 bridgehead atoms. The minimum absolute atomic E-state index is 0.984. The van der Waals surface area contributed by atoms with Gasteiger partial charge in [-0.25, -0.2) is 0 Å². The number of fused-ring (bicyclic) bond motifs is 1. The maximum absolute atomic E-state index is 5.62. The molecule has 1 saturated heterocycles. The molecule has 1 aromatic heterocycles. The molecule has 3 heteroatoms. The van der Waals surface area contributed by atoms with Crippen molar-refractivity contribution in [2.75, 3.05) is 37.6 Å². The Balaban J connectivity index is 1.82. The van der Waals surface area contributed by atoms with Crippen LogP contribution in [0.2, 0.25) is 0 Å². The quantitative estimate of drug-likeness (QED) is 0.810. The molecule has 3 rings (SSSR count). The van der Waals surface area contributed by atoms with Gasteiger partial charge in [-0.15, -0.1) is 0 Å². The van der Waals surface area contributed by atoms with Gasteiger partial charge in [0.25, 0.3) is 0 Å². The van der Waals surface area contributed by atoms with Gasteiger partial charge in [0.1, 0.15) is 11.3 Å². The van der Waals surface area contributed by atoms with Crippen LogP contribution in [0.15, 0.2) is 28.7 Å². The standard InChI is InChI=1S/C15H20N2O/c1-3-16-6-8-17(9-7-16)14-4-5-15-13(11-14)10-12(2)18-15/h4-5,10-11H,3,6-9H2,1-2H3. The number of nitrogens with zero attached hydrogens (tertiary/aromatic N) is 2. The van der Waals surface area contributed by atoms with E-state index in [-0.39, 0.29) is 0 Å². The Morgan fingerprint density at radius 3 is 2.61 bits per heavy atom. The fourth-order valence-corrected chi connectivity index (χ4v) is 2.68. The van der Waals surface area contributed by atoms with E-state index in [0.29, 0.717) is 0 Å². The van der Waals surface area contributed by atoms with Gasteiger partial charge < -0.3 is 14.2 Å². The smallest absolute Gasteiger partial charge is 0.134 e. The summed E-state index contributed by atoms with van der Waals surface area (Å²) in [5.41, 5.74) is 2.31. The molecule has 0 N–H and O–H groups in total. The molecule has 0 saturated carbocycles. The van der Waals surface area contributed by atoms with Crippen molar-refractivity contribution in [1.29, 1.82) is 0 Å². The number of anilines is 1. The van der Waals surface area contributed by atoms with Crippen molar-refractivity contribution in [3.63, 3.8) is 0 Å². The SMILES string of the molecule is CCN1CCN(c2ccc3oc(C)cc3c2)CC1. The molecule has 1 aliphatic heterocycles. The van der Waals surface area contributed by atoms with Crippen LogP contribution in [-0.2, 0) is 0 Å². The van der Waals surface area contributed by atoms with Gasteiger partial charge in [-0.3, -0.25) is 0 Å². The molecule has 0 radical (unpaired) electrons. The van der Waals surface area contributed by atoms with E-state index in [1.165, 1.54) is 24.2 Å². The van der Waals surface area contributed by atoms with Crippen LogP contribution in [-0.4, -0.2) is 37.6 Å². The third-order valence-corrected chi connectivity index (χ3v) is 3.81. The monoisotopic (exact) mass is 244 g/mol. The number of rotatable bonds is 2. The first kappa shape index (κ1) is 11.6. The Labute approximate surface area is 108 Å². The number of hydrogen-bond donors (Lipinski definition) is 0. The van der Waals surface area contributed by atoms with Gasteiger partial charge in [0.15, 0.2) is 0 Å². The van der Waals surface area contributed by atoms with Crippen molar-refractivity contribution in [3.05, 3.63) is 30.0 Å². The summed E-state index contributed by atoms with van der Waals surface area (Å²) in [6.07, 6.45) is 0. The first-order chi connectivity index (χ1) is 8.76. The molecular weight excluding hydrogens is 224 g/mol. The zero-order chi connectivity index (χ0) is 12.5. The van der Waals surface area contributed by atoms with Crippen molar-refractivity contribution in [2.24, 2.45) is 0 Å². The molecule has 0 spiro atoms. The Morgan fingerprint density at radius 1 is 1.11 bits per heavy atom. The average Bonchev–Trinajstić information content (AvgIpc) is 2.78. The average molecular weight is 244 g/mol. The van der Waals surface area contributed by atoms with E-state index in [1.54, 1.807) is 0 Å². The first-order valence-corrected chi connectivity index (χ1v) is 6.74. The van der Waals surface area contributed by atoms with Crippen LogP contribution in [0.3, 0.4) is 0 Å². The Bertz CT molecular complexity index is 538. The van der Waals surface area contributed by atoms with Gasteiger partial charge >= 0.3 is 0 Å². The minimum Gasteiger partial charge on any atom is -0.461 e. The van der Waals surface area contributed by atoms with Crippen molar-refractivity contribution in [2.45, 2.75) is 13.8 Å². The van der Waals surface area contributed by atoms with Crippen molar-refractivity contribution >= 4 is 16.7 Å². The normalized spacial score (nSPS) is 17.6. The third-order valence-electron chi connectivity index (χ3n) is 3.81. The molecule has 1 aliphatic rings. The number of benzene rings is 1. The Morgan fingerprint density at radius 2 is 1.89 bits per heavy atom. The van der Waals surface area contributed by atoms with Crippen molar-refractivity contribution in [1.82, 2.24) is 4.90 Å². The first-order valence-electron chi connectivity index (χ1n) is 6.74. The maximum atomic E-state index is 5.62. The lowest BCUT2D eigenvalue weighted by Crippen LogP contribution is -2.46. The third kappa shape index (κ3) is 2.10. The number of piperazine rings is 1. The summed E-state index contributed by atoms with van der Waals surface area (Å²) in [4.78, 5) is 4.96. The van der Waals surface area contributed by atoms with Crippen LogP contribution in [0.1, 0.15) is 12.7 Å². The van der Waals surface area contributed by atoms with E-state index < -0.39 is 0 Å². The summed E-state index contributed by atoms with van der Waals surface area (Å²) in [6, 6.07) is 8.62. The lowest BCUT2D eigenvalue weighted by Gasteiger charge is -2.35. The number of hydrogen-bond acceptors (Lipinski definition) is 3. The summed E-state index contributed by atoms with van der Waals surface area (Å²) >= 11 is 0. The molecule has 0 amide bonds. The minimum atomic E-state index is 0.984. The summed E-state index contributed by atoms with van der Waals surface area (Å²) in [6.45, 7) is 9.97. The van der Waals surface area contributed by atoms with E-state index in [0.717, 1.165) is 31.0 Å². The lowest BCUT2D eigenvalue weighted by atomic mass is 10.2. The van der Waals surface area contributed by atoms with E-state index in [9.17, 15) is 0 Å². The predicted octanol–water partition coefficient (Wildman–Crippen LogP) is 2.88. The molecule has 2 heterocycles. The van der Waals surface area contributed by atoms with E-state index in [1.807, 2.05) is 6.92 Å². The van der Waals surface area contributed by atoms with Gasteiger partial charge in [-0.2, -0.15) is 0 Å². The highest BCUT2D eigenvalue weighted by atomic mass is 16.3. The van der Waals surface area contributed by atoms with Crippen molar-refractivity contribution in [3.8, 4) is 0 Å². The lowest BCUT2D eigenvalue weighted by molar-refractivity contribution is 0.271. The second-order valence-electron chi connectivity index (χ2n) is 5.00. The molecule has 96 valence electrons. The fourth-order valence-electron chi connectivity index (χ4n) is 2.68. The van der Waals surface area contributed by atoms with Crippen LogP contribution < -0.4 is 4.90 Å². The summed E-state index contributed by atoms with van der Waals surface area (Å²) < 4.78 is 5.62. The maximum Gasteiger partial charge on any atom is 0.134 e. The van der Waals surface area contributed by atoms with Crippen LogP contribution in [0.4, 0.5) is 5.69 Å². The molecular formula is C15H20N2O. The topological polar surface area (TPSA) is 19.6 Å². The number of likely N-dealkylation sites (N-methyl/N-ethyl adjacent to an activating group) is 1. The van der Waals surface area contributed by atoms with Crippen LogP contribution in [0, 0.1) is 6.92 Å². The van der Waals surface area contributed by atoms with E-state index in [4.69, 9.17) is 4.42 Å². The van der Waals surface area contributed by atoms with Crippen LogP contribution in [0.25, 0.3) is 11.0 Å². The van der Waals surface area contributed by atoms with Crippen LogP contribution >= 0.6 is 0 Å². The highest BCUT2D eigenvalue weighted by Crippen LogP contribution is 2.25. The summed E-state index contributed by atoms with van der Waals surface area (Å²) in [5.74, 6) is 0.984. The molecule has 1 fully saturated rings. The van der Waals surface area contributed by atoms with Gasteiger partial charge in [-0.1, -0.05) is 6.92 Å². The highest BCUT2D eigenvalue weighted by molar-refractivity contribution is 5.82. The van der Waals surface area contributed by atoms with Gasteiger partial charge in [-0.05, 0) is 37.7 Å². The fraction of sp³-hybridized carbons (Fsp3) is 0.467. The predicted molar refractivity (Wildman–Crippen MR) is 75.3 cm³/mol. The summed E-state index contributed by atoms with van der Waals surface area (Å²) in [5, 5.41) is 1.21. The Kier molecular flexibility index (Phi) is 3.00. The van der Waals surface area contributed by atoms with E-state index in [2.05, 4.69) is 41.0 Å². The van der Waals surface area contributed by atoms with Gasteiger partial charge in [0.2, 0.25) is 0 Å². The number of aryl methyl sites for hydroxylation is 1. The zero-order valence-electron chi connectivity index (χ0n) is 11.1. The molecule has 0 unspecified atom stereocenters. The van der Waals surface area contributed by atoms with Crippen LogP contribution in [0.5, 0.6) is 0 Å². The van der Waals surface area contributed by atoms with Gasteiger partial charge in [0, 0.05) is 37.3 Å². The molecule has 18 heavy (non-hydrogen) atoms. The van der Waals surface area contributed by atoms with Gasteiger partial charge in [0.05, 0.1) is 0 Å². The molecule has 0 aliphatic carbocycles. The van der Waals surface area contributed by atoms with Crippen molar-refractivity contribution < 1.29 is 4.42 Å². The molecule has 3 nitrogen and oxygen atoms in total. The molecule has 0 atom stereocenters. The second kappa shape index (κ2) is 4.65. The second-order valence-corrected chi connectivity index (χ2v) is 5.00. The Hall–Kier alpha value is -1.48. The zero-order valence-corrected chi connectivity index (χ0v) is 11.1. The summed E-state index contributed by atoms with van der Waals surface area (Å²) in [7, 11) is 0. The van der Waals surface area contributed by atoms with E-state index >= 15 is 0 Å². The molecule has 2 aromatic rings.